The molecule has 162 valence electrons. The SMILES string of the molecule is N#Cc1cc(F)ccc1N1CCC(CNC(=O)[C@H](N)[C@@H](O)C(=O)N2CCCC2)CC1. The number of hydrogen-bond acceptors (Lipinski definition) is 6. The predicted octanol–water partition coefficient (Wildman–Crippen LogP) is 0.341. The molecule has 2 heterocycles. The highest BCUT2D eigenvalue weighted by Gasteiger charge is 2.33. The number of aliphatic hydroxyl groups is 1. The summed E-state index contributed by atoms with van der Waals surface area (Å²) < 4.78 is 13.3. The van der Waals surface area contributed by atoms with E-state index in [9.17, 15) is 24.3 Å². The van der Waals surface area contributed by atoms with Crippen LogP contribution in [0.3, 0.4) is 0 Å². The highest BCUT2D eigenvalue weighted by molar-refractivity contribution is 5.91. The van der Waals surface area contributed by atoms with Crippen LogP contribution in [0.5, 0.6) is 0 Å². The minimum Gasteiger partial charge on any atom is -0.381 e. The van der Waals surface area contributed by atoms with Crippen molar-refractivity contribution in [2.45, 2.75) is 37.8 Å². The summed E-state index contributed by atoms with van der Waals surface area (Å²) in [5.41, 5.74) is 6.83. The van der Waals surface area contributed by atoms with Gasteiger partial charge in [0.15, 0.2) is 6.10 Å². The fourth-order valence-corrected chi connectivity index (χ4v) is 4.04. The minimum atomic E-state index is -1.53. The van der Waals surface area contributed by atoms with Crippen LogP contribution in [0.2, 0.25) is 0 Å². The Hall–Kier alpha value is -2.70. The van der Waals surface area contributed by atoms with Gasteiger partial charge in [0.25, 0.3) is 5.91 Å². The molecule has 4 N–H and O–H groups in total. The highest BCUT2D eigenvalue weighted by Crippen LogP contribution is 2.26. The number of likely N-dealkylation sites (tertiary alicyclic amines) is 1. The maximum absolute atomic E-state index is 13.3. The number of rotatable bonds is 6. The molecule has 2 atom stereocenters. The van der Waals surface area contributed by atoms with Gasteiger partial charge in [-0.05, 0) is 49.8 Å². The third kappa shape index (κ3) is 5.07. The van der Waals surface area contributed by atoms with Gasteiger partial charge in [0.1, 0.15) is 17.9 Å². The fourth-order valence-electron chi connectivity index (χ4n) is 4.04. The maximum Gasteiger partial charge on any atom is 0.253 e. The number of aliphatic hydroxyl groups excluding tert-OH is 1. The second-order valence-electron chi connectivity index (χ2n) is 7.95. The second kappa shape index (κ2) is 9.87. The molecule has 9 heteroatoms. The molecule has 2 aliphatic heterocycles. The first-order valence-electron chi connectivity index (χ1n) is 10.4. The van der Waals surface area contributed by atoms with Crippen LogP contribution in [0.1, 0.15) is 31.2 Å². The van der Waals surface area contributed by atoms with Crippen LogP contribution in [-0.2, 0) is 9.59 Å². The van der Waals surface area contributed by atoms with E-state index in [0.29, 0.717) is 44.0 Å². The van der Waals surface area contributed by atoms with Crippen LogP contribution >= 0.6 is 0 Å². The van der Waals surface area contributed by atoms with Gasteiger partial charge in [-0.25, -0.2) is 4.39 Å². The zero-order valence-electron chi connectivity index (χ0n) is 16.9. The summed E-state index contributed by atoms with van der Waals surface area (Å²) in [4.78, 5) is 28.1. The first kappa shape index (κ1) is 22.0. The van der Waals surface area contributed by atoms with E-state index in [2.05, 4.69) is 5.32 Å². The molecule has 2 saturated heterocycles. The average Bonchev–Trinajstić information content (AvgIpc) is 3.31. The average molecular weight is 417 g/mol. The lowest BCUT2D eigenvalue weighted by atomic mass is 9.95. The molecule has 0 unspecified atom stereocenters. The molecule has 0 saturated carbocycles. The molecule has 0 aliphatic carbocycles. The molecule has 0 spiro atoms. The highest BCUT2D eigenvalue weighted by atomic mass is 19.1. The van der Waals surface area contributed by atoms with Crippen LogP contribution in [0.4, 0.5) is 10.1 Å². The monoisotopic (exact) mass is 417 g/mol. The minimum absolute atomic E-state index is 0.217. The molecule has 2 amide bonds. The standard InChI is InChI=1S/C21H28FN5O3/c22-16-3-4-17(15(11-16)12-23)26-9-5-14(6-10-26)13-25-20(29)18(24)19(28)21(30)27-7-1-2-8-27/h3-4,11,14,18-19,28H,1-2,5-10,13,24H2,(H,25,29)/t18-,19-/m1/s1. The van der Waals surface area contributed by atoms with Crippen molar-refractivity contribution in [2.75, 3.05) is 37.6 Å². The number of nitrogens with zero attached hydrogens (tertiary/aromatic N) is 3. The Labute approximate surface area is 175 Å². The molecule has 0 aromatic heterocycles. The van der Waals surface area contributed by atoms with Crippen LogP contribution in [0, 0.1) is 23.1 Å². The van der Waals surface area contributed by atoms with E-state index in [1.54, 1.807) is 11.0 Å². The van der Waals surface area contributed by atoms with Crippen molar-refractivity contribution < 1.29 is 19.1 Å². The zero-order valence-corrected chi connectivity index (χ0v) is 16.9. The molecule has 0 bridgehead atoms. The van der Waals surface area contributed by atoms with E-state index in [4.69, 9.17) is 5.73 Å². The third-order valence-electron chi connectivity index (χ3n) is 5.91. The largest absolute Gasteiger partial charge is 0.381 e. The summed E-state index contributed by atoms with van der Waals surface area (Å²) in [6.07, 6.45) is 1.83. The molecule has 3 rings (SSSR count). The Kier molecular flexibility index (Phi) is 7.24. The van der Waals surface area contributed by atoms with Crippen molar-refractivity contribution in [2.24, 2.45) is 11.7 Å². The van der Waals surface area contributed by atoms with Crippen molar-refractivity contribution in [3.8, 4) is 6.07 Å². The predicted molar refractivity (Wildman–Crippen MR) is 109 cm³/mol. The molecule has 1 aromatic rings. The van der Waals surface area contributed by atoms with E-state index in [-0.39, 0.29) is 5.92 Å². The summed E-state index contributed by atoms with van der Waals surface area (Å²) in [5, 5.41) is 22.1. The lowest BCUT2D eigenvalue weighted by Gasteiger charge is -2.34. The van der Waals surface area contributed by atoms with Gasteiger partial charge in [0, 0.05) is 32.7 Å². The van der Waals surface area contributed by atoms with Gasteiger partial charge in [-0.2, -0.15) is 5.26 Å². The van der Waals surface area contributed by atoms with Crippen LogP contribution in [0.15, 0.2) is 18.2 Å². The van der Waals surface area contributed by atoms with Gasteiger partial charge in [0.2, 0.25) is 5.91 Å². The molecule has 0 radical (unpaired) electrons. The first-order valence-corrected chi connectivity index (χ1v) is 10.4. The molecule has 2 aliphatic rings. The van der Waals surface area contributed by atoms with Crippen LogP contribution < -0.4 is 16.0 Å². The molecule has 30 heavy (non-hydrogen) atoms. The van der Waals surface area contributed by atoms with Gasteiger partial charge in [-0.1, -0.05) is 0 Å². The summed E-state index contributed by atoms with van der Waals surface area (Å²) >= 11 is 0. The van der Waals surface area contributed by atoms with Gasteiger partial charge >= 0.3 is 0 Å². The first-order chi connectivity index (χ1) is 14.4. The number of nitrogens with one attached hydrogen (secondary N) is 1. The number of nitrogens with two attached hydrogens (primary N) is 1. The van der Waals surface area contributed by atoms with E-state index < -0.39 is 29.8 Å². The molecular weight excluding hydrogens is 389 g/mol. The van der Waals surface area contributed by atoms with Crippen molar-refractivity contribution >= 4 is 17.5 Å². The smallest absolute Gasteiger partial charge is 0.253 e. The van der Waals surface area contributed by atoms with E-state index >= 15 is 0 Å². The van der Waals surface area contributed by atoms with Gasteiger partial charge < -0.3 is 26.0 Å². The van der Waals surface area contributed by atoms with Crippen molar-refractivity contribution in [3.05, 3.63) is 29.6 Å². The van der Waals surface area contributed by atoms with Crippen molar-refractivity contribution in [3.63, 3.8) is 0 Å². The van der Waals surface area contributed by atoms with Gasteiger partial charge in [-0.3, -0.25) is 9.59 Å². The quantitative estimate of drug-likeness (QED) is 0.614. The van der Waals surface area contributed by atoms with Crippen LogP contribution in [-0.4, -0.2) is 66.7 Å². The number of piperidine rings is 1. The van der Waals surface area contributed by atoms with E-state index in [1.807, 2.05) is 11.0 Å². The summed E-state index contributed by atoms with van der Waals surface area (Å²) in [5.74, 6) is -1.25. The Bertz CT molecular complexity index is 813. The van der Waals surface area contributed by atoms with Gasteiger partial charge in [0.05, 0.1) is 11.3 Å². The number of halogens is 1. The number of hydrogen-bond donors (Lipinski definition) is 3. The Morgan fingerprint density at radius 3 is 2.57 bits per heavy atom. The van der Waals surface area contributed by atoms with Crippen LogP contribution in [0.25, 0.3) is 0 Å². The number of carbonyl (C=O) groups is 2. The lowest BCUT2D eigenvalue weighted by molar-refractivity contribution is -0.143. The lowest BCUT2D eigenvalue weighted by Crippen LogP contribution is -2.55. The van der Waals surface area contributed by atoms with Gasteiger partial charge in [-0.15, -0.1) is 0 Å². The number of carbonyl (C=O) groups excluding carboxylic acids is 2. The molecule has 2 fully saturated rings. The Morgan fingerprint density at radius 1 is 1.27 bits per heavy atom. The summed E-state index contributed by atoms with van der Waals surface area (Å²) in [7, 11) is 0. The fraction of sp³-hybridized carbons (Fsp3) is 0.571. The second-order valence-corrected chi connectivity index (χ2v) is 7.95. The molecule has 1 aromatic carbocycles. The summed E-state index contributed by atoms with van der Waals surface area (Å²) in [6.45, 7) is 2.94. The van der Waals surface area contributed by atoms with Crippen molar-refractivity contribution in [1.29, 1.82) is 5.26 Å². The number of nitriles is 1. The summed E-state index contributed by atoms with van der Waals surface area (Å²) in [6, 6.07) is 4.93. The Morgan fingerprint density at radius 2 is 1.93 bits per heavy atom. The molecular formula is C21H28FN5O3. The van der Waals surface area contributed by atoms with E-state index in [0.717, 1.165) is 25.7 Å². The maximum atomic E-state index is 13.3. The number of amides is 2. The van der Waals surface area contributed by atoms with Crippen molar-refractivity contribution in [1.82, 2.24) is 10.2 Å². The normalized spacial score (nSPS) is 19.3. The zero-order chi connectivity index (χ0) is 21.7. The molecule has 8 nitrogen and oxygen atoms in total. The number of anilines is 1. The Balaban J connectivity index is 1.45. The topological polar surface area (TPSA) is 123 Å². The third-order valence-corrected chi connectivity index (χ3v) is 5.91. The number of benzene rings is 1. The van der Waals surface area contributed by atoms with E-state index in [1.165, 1.54) is 12.1 Å².